The number of likely N-dealkylation sites (N-methyl/N-ethyl adjacent to an activating group) is 1. The minimum absolute atomic E-state index is 0. The Morgan fingerprint density at radius 2 is 1.64 bits per heavy atom. The first-order valence-corrected chi connectivity index (χ1v) is 16.2. The standard InChI is InChI=1S/C33H40N4O6S.ClH/c1-3-21-36(33(38)43-26-27-14-16-31(17-15-27)37(39)40)30-19-23-35(24-20-30)22-18-29(28-10-6-4-7-11-28)25-34(2)44(41,42)32-12-8-5-9-13-32;/h3-17,29-30H,1,18-26H2,2H3;1H/t29-;/m1./s1. The van der Waals surface area contributed by atoms with E-state index in [0.717, 1.165) is 44.5 Å². The molecule has 0 aromatic heterocycles. The van der Waals surface area contributed by atoms with Gasteiger partial charge in [-0.05, 0) is 67.1 Å². The van der Waals surface area contributed by atoms with Crippen LogP contribution in [0.2, 0.25) is 0 Å². The minimum Gasteiger partial charge on any atom is -0.445 e. The number of carbonyl (C=O) groups excluding carboxylic acids is 1. The van der Waals surface area contributed by atoms with Crippen molar-refractivity contribution in [3.63, 3.8) is 0 Å². The number of benzene rings is 3. The molecule has 12 heteroatoms. The average Bonchev–Trinajstić information content (AvgIpc) is 3.05. The van der Waals surface area contributed by atoms with Gasteiger partial charge in [0.15, 0.2) is 0 Å². The number of halogens is 1. The molecular weight excluding hydrogens is 616 g/mol. The quantitative estimate of drug-likeness (QED) is 0.117. The number of nitro benzene ring substituents is 1. The summed E-state index contributed by atoms with van der Waals surface area (Å²) in [6, 6.07) is 24.5. The van der Waals surface area contributed by atoms with Crippen molar-refractivity contribution in [1.29, 1.82) is 0 Å². The summed E-state index contributed by atoms with van der Waals surface area (Å²) >= 11 is 0. The second kappa shape index (κ2) is 17.1. The Morgan fingerprint density at radius 3 is 2.22 bits per heavy atom. The fraction of sp³-hybridized carbons (Fsp3) is 0.364. The van der Waals surface area contributed by atoms with Gasteiger partial charge in [-0.3, -0.25) is 10.1 Å². The number of piperidine rings is 1. The molecular formula is C33H41ClN4O6S. The van der Waals surface area contributed by atoms with Gasteiger partial charge in [-0.1, -0.05) is 54.6 Å². The number of rotatable bonds is 14. The average molecular weight is 657 g/mol. The second-order valence-electron chi connectivity index (χ2n) is 11.0. The van der Waals surface area contributed by atoms with E-state index in [1.54, 1.807) is 60.5 Å². The van der Waals surface area contributed by atoms with Crippen LogP contribution in [-0.4, -0.2) is 79.4 Å². The lowest BCUT2D eigenvalue weighted by molar-refractivity contribution is -0.384. The first-order chi connectivity index (χ1) is 21.2. The van der Waals surface area contributed by atoms with Crippen molar-refractivity contribution < 1.29 is 22.9 Å². The van der Waals surface area contributed by atoms with Gasteiger partial charge in [0.1, 0.15) is 6.61 Å². The van der Waals surface area contributed by atoms with Crippen LogP contribution in [0.25, 0.3) is 0 Å². The molecule has 45 heavy (non-hydrogen) atoms. The molecule has 3 aromatic rings. The first kappa shape index (κ1) is 35.7. The predicted octanol–water partition coefficient (Wildman–Crippen LogP) is 6.10. The van der Waals surface area contributed by atoms with Crippen LogP contribution in [-0.2, 0) is 21.4 Å². The molecule has 0 N–H and O–H groups in total. The summed E-state index contributed by atoms with van der Waals surface area (Å²) in [4.78, 5) is 27.8. The molecule has 1 aliphatic heterocycles. The number of likely N-dealkylation sites (tertiary alicyclic amines) is 1. The van der Waals surface area contributed by atoms with E-state index in [1.165, 1.54) is 16.4 Å². The lowest BCUT2D eigenvalue weighted by Crippen LogP contribution is -2.48. The van der Waals surface area contributed by atoms with Crippen LogP contribution in [0.3, 0.4) is 0 Å². The zero-order valence-corrected chi connectivity index (χ0v) is 27.1. The van der Waals surface area contributed by atoms with Crippen molar-refractivity contribution >= 4 is 34.2 Å². The molecule has 242 valence electrons. The third-order valence-corrected chi connectivity index (χ3v) is 9.90. The number of ether oxygens (including phenoxy) is 1. The Bertz CT molecular complexity index is 1480. The summed E-state index contributed by atoms with van der Waals surface area (Å²) in [6.07, 6.45) is 3.59. The highest BCUT2D eigenvalue weighted by Crippen LogP contribution is 2.26. The highest BCUT2D eigenvalue weighted by molar-refractivity contribution is 7.89. The zero-order chi connectivity index (χ0) is 31.5. The van der Waals surface area contributed by atoms with Crippen LogP contribution in [0.1, 0.15) is 36.3 Å². The summed E-state index contributed by atoms with van der Waals surface area (Å²) in [5, 5.41) is 10.9. The molecule has 1 fully saturated rings. The smallest absolute Gasteiger partial charge is 0.410 e. The molecule has 0 bridgehead atoms. The third kappa shape index (κ3) is 9.86. The van der Waals surface area contributed by atoms with Crippen molar-refractivity contribution in [2.24, 2.45) is 0 Å². The number of amides is 1. The van der Waals surface area contributed by atoms with E-state index >= 15 is 0 Å². The molecule has 1 heterocycles. The predicted molar refractivity (Wildman–Crippen MR) is 177 cm³/mol. The Labute approximate surface area is 271 Å². The van der Waals surface area contributed by atoms with Crippen LogP contribution in [0.15, 0.2) is 102 Å². The third-order valence-electron chi connectivity index (χ3n) is 8.06. The van der Waals surface area contributed by atoms with Gasteiger partial charge in [0.25, 0.3) is 5.69 Å². The summed E-state index contributed by atoms with van der Waals surface area (Å²) in [7, 11) is -1.97. The van der Waals surface area contributed by atoms with Gasteiger partial charge >= 0.3 is 6.09 Å². The number of carbonyl (C=O) groups is 1. The first-order valence-electron chi connectivity index (χ1n) is 14.8. The Balaban J connectivity index is 0.00000552. The van der Waals surface area contributed by atoms with E-state index in [1.807, 2.05) is 18.2 Å². The number of nitrogens with zero attached hydrogens (tertiary/aromatic N) is 4. The molecule has 0 aliphatic carbocycles. The molecule has 1 atom stereocenters. The fourth-order valence-electron chi connectivity index (χ4n) is 5.52. The van der Waals surface area contributed by atoms with Crippen molar-refractivity contribution in [2.75, 3.05) is 39.8 Å². The van der Waals surface area contributed by atoms with Crippen molar-refractivity contribution in [3.8, 4) is 0 Å². The topological polar surface area (TPSA) is 113 Å². The van der Waals surface area contributed by atoms with Gasteiger partial charge in [-0.25, -0.2) is 17.5 Å². The van der Waals surface area contributed by atoms with Gasteiger partial charge in [-0.2, -0.15) is 0 Å². The maximum Gasteiger partial charge on any atom is 0.410 e. The monoisotopic (exact) mass is 656 g/mol. The van der Waals surface area contributed by atoms with E-state index in [0.29, 0.717) is 18.7 Å². The summed E-state index contributed by atoms with van der Waals surface area (Å²) < 4.78 is 33.4. The Morgan fingerprint density at radius 1 is 1.04 bits per heavy atom. The van der Waals surface area contributed by atoms with E-state index in [4.69, 9.17) is 4.74 Å². The van der Waals surface area contributed by atoms with Crippen LogP contribution in [0.4, 0.5) is 10.5 Å². The number of sulfonamides is 1. The highest BCUT2D eigenvalue weighted by Gasteiger charge is 2.29. The molecule has 4 rings (SSSR count). The van der Waals surface area contributed by atoms with E-state index in [-0.39, 0.29) is 41.6 Å². The van der Waals surface area contributed by atoms with Crippen LogP contribution >= 0.6 is 12.4 Å². The fourth-order valence-corrected chi connectivity index (χ4v) is 6.75. The lowest BCUT2D eigenvalue weighted by atomic mass is 9.94. The van der Waals surface area contributed by atoms with Gasteiger partial charge in [0, 0.05) is 51.4 Å². The Kier molecular flexibility index (Phi) is 13.5. The number of non-ortho nitro benzene ring substituents is 1. The van der Waals surface area contributed by atoms with Gasteiger partial charge in [0.05, 0.1) is 9.82 Å². The molecule has 10 nitrogen and oxygen atoms in total. The maximum atomic E-state index is 13.2. The van der Waals surface area contributed by atoms with Crippen LogP contribution < -0.4 is 0 Å². The van der Waals surface area contributed by atoms with Gasteiger partial charge < -0.3 is 14.5 Å². The number of hydrogen-bond acceptors (Lipinski definition) is 7. The largest absolute Gasteiger partial charge is 0.445 e. The summed E-state index contributed by atoms with van der Waals surface area (Å²) in [6.45, 7) is 6.96. The molecule has 0 radical (unpaired) electrons. The molecule has 1 amide bonds. The van der Waals surface area contributed by atoms with Crippen LogP contribution in [0.5, 0.6) is 0 Å². The highest BCUT2D eigenvalue weighted by atomic mass is 35.5. The maximum absolute atomic E-state index is 13.2. The van der Waals surface area contributed by atoms with Gasteiger partial charge in [-0.15, -0.1) is 19.0 Å². The Hall–Kier alpha value is -3.77. The second-order valence-corrected chi connectivity index (χ2v) is 13.0. The van der Waals surface area contributed by atoms with E-state index < -0.39 is 21.0 Å². The molecule has 0 unspecified atom stereocenters. The van der Waals surface area contributed by atoms with Crippen LogP contribution in [0, 0.1) is 10.1 Å². The zero-order valence-electron chi connectivity index (χ0n) is 25.4. The molecule has 0 saturated carbocycles. The molecule has 1 aliphatic rings. The van der Waals surface area contributed by atoms with Gasteiger partial charge in [0.2, 0.25) is 10.0 Å². The SMILES string of the molecule is C=CCN(C(=O)OCc1ccc([N+](=O)[O-])cc1)C1CCN(CC[C@H](CN(C)S(=O)(=O)c2ccccc2)c2ccccc2)CC1.Cl. The minimum atomic E-state index is -3.61. The van der Waals surface area contributed by atoms with Crippen molar-refractivity contribution in [2.45, 2.75) is 42.7 Å². The normalized spacial score (nSPS) is 14.7. The summed E-state index contributed by atoms with van der Waals surface area (Å²) in [5.41, 5.74) is 1.76. The molecule has 3 aromatic carbocycles. The molecule has 0 spiro atoms. The lowest BCUT2D eigenvalue weighted by Gasteiger charge is -2.38. The van der Waals surface area contributed by atoms with E-state index in [2.05, 4.69) is 23.6 Å². The van der Waals surface area contributed by atoms with Crippen molar-refractivity contribution in [1.82, 2.24) is 14.1 Å². The number of hydrogen-bond donors (Lipinski definition) is 0. The van der Waals surface area contributed by atoms with E-state index in [9.17, 15) is 23.3 Å². The number of nitro groups is 1. The van der Waals surface area contributed by atoms with Crippen molar-refractivity contribution in [3.05, 3.63) is 119 Å². The summed E-state index contributed by atoms with van der Waals surface area (Å²) in [5.74, 6) is 0.0177. The molecule has 1 saturated heterocycles.